The highest BCUT2D eigenvalue weighted by molar-refractivity contribution is 5.93. The maximum absolute atomic E-state index is 11.3. The number of ether oxygens (including phenoxy) is 2. The molecule has 0 rings (SSSR count). The van der Waals surface area contributed by atoms with Crippen molar-refractivity contribution in [1.29, 1.82) is 0 Å². The number of carboxylic acid groups (broad SMARTS) is 1. The number of aliphatic carboxylic acids is 1. The Balaban J connectivity index is 4.07. The van der Waals surface area contributed by atoms with Crippen LogP contribution in [0.5, 0.6) is 0 Å². The van der Waals surface area contributed by atoms with E-state index in [2.05, 4.69) is 4.74 Å². The molecule has 0 aromatic carbocycles. The molecule has 0 aliphatic rings. The van der Waals surface area contributed by atoms with Gasteiger partial charge in [0.15, 0.2) is 5.92 Å². The van der Waals surface area contributed by atoms with Crippen molar-refractivity contribution in [2.45, 2.75) is 39.2 Å². The molecule has 0 fully saturated rings. The molecule has 6 nitrogen and oxygen atoms in total. The number of carbonyl (C=O) groups is 2. The number of aliphatic hydroxyl groups is 1. The van der Waals surface area contributed by atoms with Crippen molar-refractivity contribution in [3.63, 3.8) is 0 Å². The monoisotopic (exact) mass is 262 g/mol. The van der Waals surface area contributed by atoms with E-state index in [-0.39, 0.29) is 19.6 Å². The van der Waals surface area contributed by atoms with Gasteiger partial charge in [-0.05, 0) is 19.8 Å². The second-order valence-corrected chi connectivity index (χ2v) is 3.96. The van der Waals surface area contributed by atoms with E-state index in [0.717, 1.165) is 12.8 Å². The van der Waals surface area contributed by atoms with E-state index in [1.54, 1.807) is 6.92 Å². The van der Waals surface area contributed by atoms with Gasteiger partial charge in [-0.25, -0.2) is 0 Å². The van der Waals surface area contributed by atoms with Crippen LogP contribution in [0.15, 0.2) is 0 Å². The standard InChI is InChI=1S/C12H22O6/c1-3-5-6-17-8-9(13)7-10(11(14)15)12(16)18-4-2/h9-10,13H,3-8H2,1-2H3,(H,14,15). The molecule has 0 heterocycles. The molecule has 2 atom stereocenters. The van der Waals surface area contributed by atoms with Gasteiger partial charge in [0, 0.05) is 6.61 Å². The quantitative estimate of drug-likeness (QED) is 0.344. The molecule has 0 spiro atoms. The van der Waals surface area contributed by atoms with Gasteiger partial charge in [0.25, 0.3) is 0 Å². The Bertz CT molecular complexity index is 253. The first-order chi connectivity index (χ1) is 8.52. The van der Waals surface area contributed by atoms with Gasteiger partial charge < -0.3 is 19.7 Å². The predicted molar refractivity (Wildman–Crippen MR) is 64.1 cm³/mol. The van der Waals surface area contributed by atoms with Gasteiger partial charge in [0.2, 0.25) is 0 Å². The zero-order valence-electron chi connectivity index (χ0n) is 10.9. The largest absolute Gasteiger partial charge is 0.481 e. The van der Waals surface area contributed by atoms with Crippen LogP contribution in [0, 0.1) is 5.92 Å². The minimum Gasteiger partial charge on any atom is -0.481 e. The van der Waals surface area contributed by atoms with Gasteiger partial charge in [-0.15, -0.1) is 0 Å². The van der Waals surface area contributed by atoms with E-state index < -0.39 is 24.0 Å². The van der Waals surface area contributed by atoms with Crippen LogP contribution in [0.25, 0.3) is 0 Å². The lowest BCUT2D eigenvalue weighted by atomic mass is 10.0. The first-order valence-corrected chi connectivity index (χ1v) is 6.18. The van der Waals surface area contributed by atoms with Crippen LogP contribution >= 0.6 is 0 Å². The average Bonchev–Trinajstić information content (AvgIpc) is 2.31. The zero-order chi connectivity index (χ0) is 14.0. The summed E-state index contributed by atoms with van der Waals surface area (Å²) >= 11 is 0. The van der Waals surface area contributed by atoms with Crippen molar-refractivity contribution in [1.82, 2.24) is 0 Å². The van der Waals surface area contributed by atoms with Crippen LogP contribution in [-0.4, -0.2) is 48.1 Å². The molecule has 0 aromatic heterocycles. The first-order valence-electron chi connectivity index (χ1n) is 6.18. The summed E-state index contributed by atoms with van der Waals surface area (Å²) in [4.78, 5) is 22.2. The molecular weight excluding hydrogens is 240 g/mol. The van der Waals surface area contributed by atoms with E-state index in [1.165, 1.54) is 0 Å². The molecule has 0 radical (unpaired) electrons. The number of aliphatic hydroxyl groups excluding tert-OH is 1. The highest BCUT2D eigenvalue weighted by Crippen LogP contribution is 2.10. The molecule has 2 unspecified atom stereocenters. The second-order valence-electron chi connectivity index (χ2n) is 3.96. The summed E-state index contributed by atoms with van der Waals surface area (Å²) in [6.45, 7) is 4.28. The molecule has 0 saturated carbocycles. The smallest absolute Gasteiger partial charge is 0.320 e. The summed E-state index contributed by atoms with van der Waals surface area (Å²) in [5, 5.41) is 18.5. The fourth-order valence-electron chi connectivity index (χ4n) is 1.35. The maximum Gasteiger partial charge on any atom is 0.320 e. The van der Waals surface area contributed by atoms with Gasteiger partial charge in [-0.3, -0.25) is 9.59 Å². The highest BCUT2D eigenvalue weighted by Gasteiger charge is 2.30. The molecule has 0 saturated heterocycles. The fraction of sp³-hybridized carbons (Fsp3) is 0.833. The number of unbranched alkanes of at least 4 members (excludes halogenated alkanes) is 1. The molecule has 0 aliphatic carbocycles. The summed E-state index contributed by atoms with van der Waals surface area (Å²) in [6, 6.07) is 0. The Morgan fingerprint density at radius 3 is 2.44 bits per heavy atom. The normalized spacial score (nSPS) is 13.9. The molecule has 106 valence electrons. The minimum atomic E-state index is -1.34. The summed E-state index contributed by atoms with van der Waals surface area (Å²) < 4.78 is 9.80. The Kier molecular flexibility index (Phi) is 9.22. The van der Waals surface area contributed by atoms with E-state index in [4.69, 9.17) is 9.84 Å². The Morgan fingerprint density at radius 1 is 1.28 bits per heavy atom. The van der Waals surface area contributed by atoms with E-state index in [9.17, 15) is 14.7 Å². The van der Waals surface area contributed by atoms with Crippen molar-refractivity contribution in [2.24, 2.45) is 5.92 Å². The van der Waals surface area contributed by atoms with Gasteiger partial charge in [0.1, 0.15) is 0 Å². The lowest BCUT2D eigenvalue weighted by molar-refractivity contribution is -0.160. The van der Waals surface area contributed by atoms with Crippen LogP contribution in [0.4, 0.5) is 0 Å². The van der Waals surface area contributed by atoms with Gasteiger partial charge >= 0.3 is 11.9 Å². The van der Waals surface area contributed by atoms with Gasteiger partial charge in [0.05, 0.1) is 19.3 Å². The number of hydrogen-bond acceptors (Lipinski definition) is 5. The summed E-state index contributed by atoms with van der Waals surface area (Å²) in [5.41, 5.74) is 0. The van der Waals surface area contributed by atoms with Crippen molar-refractivity contribution < 1.29 is 29.3 Å². The molecule has 0 amide bonds. The minimum absolute atomic E-state index is 0.0309. The number of carboxylic acids is 1. The summed E-state index contributed by atoms with van der Waals surface area (Å²) in [6.07, 6.45) is 0.691. The van der Waals surface area contributed by atoms with Crippen LogP contribution in [0.1, 0.15) is 33.1 Å². The van der Waals surface area contributed by atoms with Crippen molar-refractivity contribution >= 4 is 11.9 Å². The molecule has 18 heavy (non-hydrogen) atoms. The third-order valence-electron chi connectivity index (χ3n) is 2.33. The number of carbonyl (C=O) groups excluding carboxylic acids is 1. The third kappa shape index (κ3) is 7.24. The van der Waals surface area contributed by atoms with Crippen LogP contribution in [0.3, 0.4) is 0 Å². The van der Waals surface area contributed by atoms with E-state index in [0.29, 0.717) is 6.61 Å². The topological polar surface area (TPSA) is 93.1 Å². The number of hydrogen-bond donors (Lipinski definition) is 2. The van der Waals surface area contributed by atoms with Crippen LogP contribution < -0.4 is 0 Å². The molecule has 6 heteroatoms. The SMILES string of the molecule is CCCCOCC(O)CC(C(=O)O)C(=O)OCC. The lowest BCUT2D eigenvalue weighted by Crippen LogP contribution is -2.31. The summed E-state index contributed by atoms with van der Waals surface area (Å²) in [5.74, 6) is -3.45. The molecule has 0 bridgehead atoms. The third-order valence-corrected chi connectivity index (χ3v) is 2.33. The van der Waals surface area contributed by atoms with E-state index in [1.807, 2.05) is 6.92 Å². The average molecular weight is 262 g/mol. The predicted octanol–water partition coefficient (Wildman–Crippen LogP) is 0.818. The molecule has 0 aromatic rings. The van der Waals surface area contributed by atoms with Crippen molar-refractivity contribution in [3.8, 4) is 0 Å². The van der Waals surface area contributed by atoms with Crippen molar-refractivity contribution in [3.05, 3.63) is 0 Å². The van der Waals surface area contributed by atoms with Crippen LogP contribution in [-0.2, 0) is 19.1 Å². The zero-order valence-corrected chi connectivity index (χ0v) is 10.9. The second kappa shape index (κ2) is 9.85. The highest BCUT2D eigenvalue weighted by atomic mass is 16.5. The van der Waals surface area contributed by atoms with Gasteiger partial charge in [-0.1, -0.05) is 13.3 Å². The number of esters is 1. The Hall–Kier alpha value is -1.14. The summed E-state index contributed by atoms with van der Waals surface area (Å²) in [7, 11) is 0. The molecule has 2 N–H and O–H groups in total. The maximum atomic E-state index is 11.3. The lowest BCUT2D eigenvalue weighted by Gasteiger charge is -2.15. The molecule has 0 aliphatic heterocycles. The van der Waals surface area contributed by atoms with Crippen LogP contribution in [0.2, 0.25) is 0 Å². The van der Waals surface area contributed by atoms with Crippen molar-refractivity contribution in [2.75, 3.05) is 19.8 Å². The first kappa shape index (κ1) is 16.9. The van der Waals surface area contributed by atoms with E-state index >= 15 is 0 Å². The molecular formula is C12H22O6. The Morgan fingerprint density at radius 2 is 1.94 bits per heavy atom. The Labute approximate surface area is 107 Å². The fourth-order valence-corrected chi connectivity index (χ4v) is 1.35. The number of rotatable bonds is 10. The van der Waals surface area contributed by atoms with Gasteiger partial charge in [-0.2, -0.15) is 0 Å².